The van der Waals surface area contributed by atoms with Gasteiger partial charge < -0.3 is 15.0 Å². The van der Waals surface area contributed by atoms with Crippen LogP contribution in [0, 0.1) is 12.8 Å². The highest BCUT2D eigenvalue weighted by Gasteiger charge is 2.37. The van der Waals surface area contributed by atoms with Crippen LogP contribution in [0.1, 0.15) is 46.7 Å². The molecule has 24 heavy (non-hydrogen) atoms. The summed E-state index contributed by atoms with van der Waals surface area (Å²) >= 11 is 1.53. The van der Waals surface area contributed by atoms with Gasteiger partial charge in [0.05, 0.1) is 17.4 Å². The number of carbonyl (C=O) groups excluding carboxylic acids is 2. The minimum absolute atomic E-state index is 0.00626. The molecule has 0 spiro atoms. The van der Waals surface area contributed by atoms with Crippen LogP contribution in [0.2, 0.25) is 0 Å². The third-order valence-corrected chi connectivity index (χ3v) is 5.90. The zero-order valence-corrected chi connectivity index (χ0v) is 15.1. The molecule has 6 heteroatoms. The summed E-state index contributed by atoms with van der Waals surface area (Å²) in [5.74, 6) is 0.0456. The quantitative estimate of drug-likeness (QED) is 0.847. The molecule has 1 aromatic heterocycles. The van der Waals surface area contributed by atoms with E-state index in [1.165, 1.54) is 11.3 Å². The Hall–Kier alpha value is -1.40. The van der Waals surface area contributed by atoms with Gasteiger partial charge in [-0.1, -0.05) is 12.8 Å². The Balaban J connectivity index is 1.86. The summed E-state index contributed by atoms with van der Waals surface area (Å²) in [6.07, 6.45) is 4.73. The van der Waals surface area contributed by atoms with Crippen LogP contribution in [-0.2, 0) is 9.53 Å². The van der Waals surface area contributed by atoms with E-state index in [9.17, 15) is 9.59 Å². The molecule has 2 unspecified atom stereocenters. The van der Waals surface area contributed by atoms with Crippen molar-refractivity contribution in [3.63, 3.8) is 0 Å². The van der Waals surface area contributed by atoms with E-state index in [2.05, 4.69) is 5.32 Å². The fourth-order valence-corrected chi connectivity index (χ4v) is 4.54. The van der Waals surface area contributed by atoms with Crippen LogP contribution in [0.5, 0.6) is 0 Å². The maximum absolute atomic E-state index is 13.1. The molecule has 2 aliphatic rings. The van der Waals surface area contributed by atoms with E-state index in [4.69, 9.17) is 4.74 Å². The van der Waals surface area contributed by atoms with Crippen molar-refractivity contribution in [3.8, 4) is 0 Å². The fourth-order valence-electron chi connectivity index (χ4n) is 3.72. The predicted molar refractivity (Wildman–Crippen MR) is 94.3 cm³/mol. The Morgan fingerprint density at radius 2 is 2.08 bits per heavy atom. The maximum atomic E-state index is 13.1. The number of amides is 2. The number of nitrogens with zero attached hydrogens (tertiary/aromatic N) is 1. The van der Waals surface area contributed by atoms with Gasteiger partial charge in [0.1, 0.15) is 0 Å². The van der Waals surface area contributed by atoms with E-state index >= 15 is 0 Å². The second-order valence-electron chi connectivity index (χ2n) is 6.62. The number of carbonyl (C=O) groups is 2. The second-order valence-corrected chi connectivity index (χ2v) is 7.91. The molecule has 0 bridgehead atoms. The minimum Gasteiger partial charge on any atom is -0.380 e. The molecule has 1 aliphatic heterocycles. The van der Waals surface area contributed by atoms with Gasteiger partial charge in [-0.2, -0.15) is 0 Å². The standard InChI is InChI=1S/C18H26N2O3S/c1-13-7-8-16(24-13)18(22)20-10-4-11-23-12-9-19-17(21)14-5-2-3-6-15(14)20/h7-8,14-15H,2-6,9-12H2,1H3,(H,19,21). The van der Waals surface area contributed by atoms with Crippen LogP contribution in [0.4, 0.5) is 0 Å². The van der Waals surface area contributed by atoms with Crippen molar-refractivity contribution in [3.05, 3.63) is 21.9 Å². The summed E-state index contributed by atoms with van der Waals surface area (Å²) in [7, 11) is 0. The highest BCUT2D eigenvalue weighted by Crippen LogP contribution is 2.31. The van der Waals surface area contributed by atoms with E-state index in [0.717, 1.165) is 41.9 Å². The zero-order valence-electron chi connectivity index (χ0n) is 14.3. The molecule has 2 amide bonds. The van der Waals surface area contributed by atoms with Crippen LogP contribution in [0.25, 0.3) is 0 Å². The third-order valence-electron chi connectivity index (χ3n) is 4.91. The highest BCUT2D eigenvalue weighted by molar-refractivity contribution is 7.13. The fraction of sp³-hybridized carbons (Fsp3) is 0.667. The Morgan fingerprint density at radius 1 is 1.25 bits per heavy atom. The van der Waals surface area contributed by atoms with E-state index in [1.807, 2.05) is 24.0 Å². The van der Waals surface area contributed by atoms with E-state index in [-0.39, 0.29) is 23.8 Å². The lowest BCUT2D eigenvalue weighted by atomic mass is 9.82. The zero-order chi connectivity index (χ0) is 16.9. The number of fused-ring (bicyclic) bond motifs is 1. The summed E-state index contributed by atoms with van der Waals surface area (Å²) in [4.78, 5) is 29.5. The molecule has 1 saturated carbocycles. The molecule has 0 aromatic carbocycles. The van der Waals surface area contributed by atoms with Crippen molar-refractivity contribution >= 4 is 23.2 Å². The number of rotatable bonds is 1. The summed E-state index contributed by atoms with van der Waals surface area (Å²) in [6, 6.07) is 3.90. The first kappa shape index (κ1) is 17.4. The lowest BCUT2D eigenvalue weighted by Gasteiger charge is -2.39. The van der Waals surface area contributed by atoms with Gasteiger partial charge in [0.15, 0.2) is 0 Å². The van der Waals surface area contributed by atoms with Crippen molar-refractivity contribution in [2.75, 3.05) is 26.3 Å². The molecule has 2 fully saturated rings. The molecule has 132 valence electrons. The number of hydrogen-bond acceptors (Lipinski definition) is 4. The van der Waals surface area contributed by atoms with Crippen molar-refractivity contribution < 1.29 is 14.3 Å². The molecule has 3 rings (SSSR count). The Morgan fingerprint density at radius 3 is 2.88 bits per heavy atom. The summed E-state index contributed by atoms with van der Waals surface area (Å²) in [5, 5.41) is 2.98. The molecule has 1 saturated heterocycles. The second kappa shape index (κ2) is 8.12. The lowest BCUT2D eigenvalue weighted by Crippen LogP contribution is -2.51. The molecule has 1 N–H and O–H groups in total. The van der Waals surface area contributed by atoms with Crippen molar-refractivity contribution in [1.29, 1.82) is 0 Å². The smallest absolute Gasteiger partial charge is 0.264 e. The Labute approximate surface area is 147 Å². The maximum Gasteiger partial charge on any atom is 0.264 e. The first-order valence-electron chi connectivity index (χ1n) is 8.89. The molecule has 2 atom stereocenters. The van der Waals surface area contributed by atoms with Crippen molar-refractivity contribution in [2.24, 2.45) is 5.92 Å². The minimum atomic E-state index is -0.0955. The molecule has 1 aromatic rings. The van der Waals surface area contributed by atoms with Crippen molar-refractivity contribution in [1.82, 2.24) is 10.2 Å². The van der Waals surface area contributed by atoms with Gasteiger partial charge >= 0.3 is 0 Å². The molecule has 2 heterocycles. The summed E-state index contributed by atoms with van der Waals surface area (Å²) < 4.78 is 5.56. The molecule has 0 radical (unpaired) electrons. The average Bonchev–Trinajstić information content (AvgIpc) is 3.01. The number of aryl methyl sites for hydroxylation is 1. The van der Waals surface area contributed by atoms with Crippen LogP contribution >= 0.6 is 11.3 Å². The number of thiophene rings is 1. The van der Waals surface area contributed by atoms with Gasteiger partial charge in [0.25, 0.3) is 5.91 Å². The highest BCUT2D eigenvalue weighted by atomic mass is 32.1. The first-order chi connectivity index (χ1) is 11.7. The monoisotopic (exact) mass is 350 g/mol. The van der Waals surface area contributed by atoms with Crippen LogP contribution < -0.4 is 5.32 Å². The van der Waals surface area contributed by atoms with Gasteiger partial charge in [-0.3, -0.25) is 9.59 Å². The average molecular weight is 350 g/mol. The Bertz CT molecular complexity index is 587. The first-order valence-corrected chi connectivity index (χ1v) is 9.71. The predicted octanol–water partition coefficient (Wildman–Crippen LogP) is 2.59. The van der Waals surface area contributed by atoms with Gasteiger partial charge in [0, 0.05) is 30.6 Å². The van der Waals surface area contributed by atoms with E-state index in [1.54, 1.807) is 0 Å². The molecular weight excluding hydrogens is 324 g/mol. The molecular formula is C18H26N2O3S. The summed E-state index contributed by atoms with van der Waals surface area (Å²) in [6.45, 7) is 4.39. The van der Waals surface area contributed by atoms with E-state index in [0.29, 0.717) is 26.3 Å². The van der Waals surface area contributed by atoms with Gasteiger partial charge in [0.2, 0.25) is 5.91 Å². The van der Waals surface area contributed by atoms with Gasteiger partial charge in [-0.25, -0.2) is 0 Å². The SMILES string of the molecule is Cc1ccc(C(=O)N2CCCOCCNC(=O)C3CCCCC32)s1. The van der Waals surface area contributed by atoms with Crippen LogP contribution in [0.3, 0.4) is 0 Å². The molecule has 1 aliphatic carbocycles. The van der Waals surface area contributed by atoms with Gasteiger partial charge in [-0.05, 0) is 38.3 Å². The normalized spacial score (nSPS) is 26.2. The topological polar surface area (TPSA) is 58.6 Å². The number of nitrogens with one attached hydrogen (secondary N) is 1. The van der Waals surface area contributed by atoms with Crippen LogP contribution in [-0.4, -0.2) is 49.1 Å². The third kappa shape index (κ3) is 3.98. The summed E-state index contributed by atoms with van der Waals surface area (Å²) in [5.41, 5.74) is 0. The Kier molecular flexibility index (Phi) is 5.89. The molecule has 5 nitrogen and oxygen atoms in total. The largest absolute Gasteiger partial charge is 0.380 e. The van der Waals surface area contributed by atoms with Gasteiger partial charge in [-0.15, -0.1) is 11.3 Å². The lowest BCUT2D eigenvalue weighted by molar-refractivity contribution is -0.128. The van der Waals surface area contributed by atoms with E-state index < -0.39 is 0 Å². The van der Waals surface area contributed by atoms with Crippen LogP contribution in [0.15, 0.2) is 12.1 Å². The number of hydrogen-bond donors (Lipinski definition) is 1. The van der Waals surface area contributed by atoms with Crippen molar-refractivity contribution in [2.45, 2.75) is 45.1 Å². The number of ether oxygens (including phenoxy) is 1.